The summed E-state index contributed by atoms with van der Waals surface area (Å²) >= 11 is 0.814. The number of rotatable bonds is 7. The molecular weight excluding hydrogens is 274 g/mol. The molecule has 0 aromatic heterocycles. The van der Waals surface area contributed by atoms with Crippen molar-refractivity contribution in [3.8, 4) is 0 Å². The second kappa shape index (κ2) is 6.95. The number of amides is 1. The Morgan fingerprint density at radius 2 is 2.11 bits per heavy atom. The number of aliphatic carboxylic acids is 1. The standard InChI is InChI=1S/C10H12N3O5S/c11-9(14)5-6(10(15)16)12-19-8-4-2-1-3-7(8)13(17)18/h1-4,6,12,17H,5H2,(H2,11,14)(H,15,16)/q-1/t6-/m1/s1. The number of para-hydroxylation sites is 1. The Morgan fingerprint density at radius 1 is 1.47 bits per heavy atom. The van der Waals surface area contributed by atoms with Gasteiger partial charge in [-0.2, -0.15) is 0 Å². The number of hydrogen-bond donors (Lipinski definition) is 4. The molecule has 0 aliphatic carbocycles. The fourth-order valence-corrected chi connectivity index (χ4v) is 2.07. The molecule has 1 aromatic rings. The molecule has 104 valence electrons. The maximum absolute atomic E-state index is 10.9. The number of carbonyl (C=O) groups is 2. The number of primary amides is 1. The zero-order valence-corrected chi connectivity index (χ0v) is 10.5. The van der Waals surface area contributed by atoms with Gasteiger partial charge in [0, 0.05) is 4.90 Å². The average Bonchev–Trinajstić information content (AvgIpc) is 2.34. The van der Waals surface area contributed by atoms with Crippen LogP contribution in [0.5, 0.6) is 0 Å². The van der Waals surface area contributed by atoms with E-state index in [1.165, 1.54) is 12.1 Å². The summed E-state index contributed by atoms with van der Waals surface area (Å²) in [7, 11) is 0. The van der Waals surface area contributed by atoms with Gasteiger partial charge in [-0.15, -0.1) is 0 Å². The average molecular weight is 286 g/mol. The van der Waals surface area contributed by atoms with Gasteiger partial charge in [-0.05, 0) is 24.1 Å². The van der Waals surface area contributed by atoms with Crippen LogP contribution in [0, 0.1) is 5.21 Å². The van der Waals surface area contributed by atoms with Crippen molar-refractivity contribution in [2.75, 3.05) is 5.23 Å². The SMILES string of the molecule is NC(=O)C[C@@H](NSc1ccccc1N([O-])O)C(=O)O. The van der Waals surface area contributed by atoms with E-state index in [2.05, 4.69) is 4.72 Å². The molecule has 0 aliphatic heterocycles. The number of carboxylic acids is 1. The van der Waals surface area contributed by atoms with E-state index in [0.717, 1.165) is 11.9 Å². The van der Waals surface area contributed by atoms with E-state index in [1.54, 1.807) is 12.1 Å². The van der Waals surface area contributed by atoms with Crippen LogP contribution in [-0.2, 0) is 9.59 Å². The lowest BCUT2D eigenvalue weighted by Gasteiger charge is -2.24. The highest BCUT2D eigenvalue weighted by Gasteiger charge is 2.20. The summed E-state index contributed by atoms with van der Waals surface area (Å²) < 4.78 is 2.50. The van der Waals surface area contributed by atoms with Crippen molar-refractivity contribution in [2.45, 2.75) is 17.4 Å². The molecule has 5 N–H and O–H groups in total. The highest BCUT2D eigenvalue weighted by Crippen LogP contribution is 2.27. The highest BCUT2D eigenvalue weighted by molar-refractivity contribution is 7.97. The van der Waals surface area contributed by atoms with Crippen LogP contribution >= 0.6 is 11.9 Å². The smallest absolute Gasteiger partial charge is 0.322 e. The number of nitrogens with two attached hydrogens (primary N) is 1. The topological polar surface area (TPSA) is 139 Å². The quantitative estimate of drug-likeness (QED) is 0.414. The number of nitrogens with zero attached hydrogens (tertiary/aromatic N) is 1. The summed E-state index contributed by atoms with van der Waals surface area (Å²) in [5.41, 5.74) is 4.89. The van der Waals surface area contributed by atoms with Gasteiger partial charge < -0.3 is 21.3 Å². The minimum Gasteiger partial charge on any atom is -0.733 e. The first-order valence-electron chi connectivity index (χ1n) is 5.10. The zero-order valence-electron chi connectivity index (χ0n) is 9.65. The second-order valence-corrected chi connectivity index (χ2v) is 4.40. The summed E-state index contributed by atoms with van der Waals surface area (Å²) in [5.74, 6) is -2.01. The third-order valence-corrected chi connectivity index (χ3v) is 3.05. The first-order valence-corrected chi connectivity index (χ1v) is 5.92. The van der Waals surface area contributed by atoms with Crippen LogP contribution in [0.1, 0.15) is 6.42 Å². The molecule has 0 unspecified atom stereocenters. The lowest BCUT2D eigenvalue weighted by molar-refractivity contribution is -0.140. The van der Waals surface area contributed by atoms with Gasteiger partial charge in [-0.1, -0.05) is 12.1 Å². The lowest BCUT2D eigenvalue weighted by Crippen LogP contribution is -2.36. The first-order chi connectivity index (χ1) is 8.91. The number of hydrogen-bond acceptors (Lipinski definition) is 7. The van der Waals surface area contributed by atoms with Crippen LogP contribution < -0.4 is 15.7 Å². The molecule has 0 saturated carbocycles. The van der Waals surface area contributed by atoms with E-state index in [4.69, 9.17) is 16.0 Å². The Bertz CT molecular complexity index is 468. The molecule has 9 heteroatoms. The number of anilines is 1. The summed E-state index contributed by atoms with van der Waals surface area (Å²) in [6.07, 6.45) is -0.384. The van der Waals surface area contributed by atoms with E-state index >= 15 is 0 Å². The Hall–Kier alpha value is -1.81. The summed E-state index contributed by atoms with van der Waals surface area (Å²) in [6.45, 7) is 0. The number of nitrogens with one attached hydrogen (secondary N) is 1. The molecular formula is C10H12N3O5S-. The Morgan fingerprint density at radius 3 is 2.63 bits per heavy atom. The zero-order chi connectivity index (χ0) is 14.4. The maximum Gasteiger partial charge on any atom is 0.322 e. The van der Waals surface area contributed by atoms with Gasteiger partial charge in [0.2, 0.25) is 5.91 Å². The summed E-state index contributed by atoms with van der Waals surface area (Å²) in [6, 6.07) is 4.84. The van der Waals surface area contributed by atoms with Crippen LogP contribution in [0.15, 0.2) is 29.2 Å². The largest absolute Gasteiger partial charge is 0.733 e. The second-order valence-electron chi connectivity index (χ2n) is 3.52. The van der Waals surface area contributed by atoms with E-state index < -0.39 is 17.9 Å². The molecule has 0 radical (unpaired) electrons. The van der Waals surface area contributed by atoms with Crippen LogP contribution in [0.25, 0.3) is 0 Å². The monoisotopic (exact) mass is 286 g/mol. The van der Waals surface area contributed by atoms with Gasteiger partial charge in [0.25, 0.3) is 0 Å². The summed E-state index contributed by atoms with van der Waals surface area (Å²) in [4.78, 5) is 21.9. The third kappa shape index (κ3) is 4.75. The van der Waals surface area contributed by atoms with Crippen molar-refractivity contribution in [3.05, 3.63) is 29.5 Å². The summed E-state index contributed by atoms with van der Waals surface area (Å²) in [5, 5.41) is 28.3. The van der Waals surface area contributed by atoms with Gasteiger partial charge in [-0.3, -0.25) is 14.8 Å². The molecule has 1 aromatic carbocycles. The maximum atomic E-state index is 10.9. The molecule has 1 amide bonds. The van der Waals surface area contributed by atoms with Gasteiger partial charge in [0.15, 0.2) is 0 Å². The normalized spacial score (nSPS) is 11.9. The van der Waals surface area contributed by atoms with Gasteiger partial charge in [0.1, 0.15) is 6.04 Å². The Kier molecular flexibility index (Phi) is 5.57. The van der Waals surface area contributed by atoms with E-state index in [-0.39, 0.29) is 17.3 Å². The first kappa shape index (κ1) is 15.2. The van der Waals surface area contributed by atoms with Crippen molar-refractivity contribution < 1.29 is 19.9 Å². The predicted molar refractivity (Wildman–Crippen MR) is 68.3 cm³/mol. The van der Waals surface area contributed by atoms with Gasteiger partial charge in [0.05, 0.1) is 12.1 Å². The Labute approximate surface area is 112 Å². The van der Waals surface area contributed by atoms with Crippen molar-refractivity contribution in [3.63, 3.8) is 0 Å². The molecule has 0 bridgehead atoms. The van der Waals surface area contributed by atoms with Crippen molar-refractivity contribution in [1.82, 2.24) is 4.72 Å². The molecule has 1 atom stereocenters. The number of carbonyl (C=O) groups excluding carboxylic acids is 1. The van der Waals surface area contributed by atoms with Crippen LogP contribution in [-0.4, -0.2) is 28.2 Å². The van der Waals surface area contributed by atoms with Gasteiger partial charge >= 0.3 is 5.97 Å². The van der Waals surface area contributed by atoms with E-state index in [9.17, 15) is 14.8 Å². The minimum absolute atomic E-state index is 0.0387. The Balaban J connectivity index is 2.74. The number of carboxylic acid groups (broad SMARTS) is 1. The molecule has 0 fully saturated rings. The molecule has 1 rings (SSSR count). The molecule has 0 spiro atoms. The van der Waals surface area contributed by atoms with Crippen LogP contribution in [0.2, 0.25) is 0 Å². The van der Waals surface area contributed by atoms with E-state index in [0.29, 0.717) is 4.90 Å². The minimum atomic E-state index is -1.24. The molecule has 0 aliphatic rings. The molecule has 0 saturated heterocycles. The van der Waals surface area contributed by atoms with Crippen molar-refractivity contribution in [2.24, 2.45) is 5.73 Å². The third-order valence-electron chi connectivity index (χ3n) is 2.09. The lowest BCUT2D eigenvalue weighted by atomic mass is 10.2. The van der Waals surface area contributed by atoms with Crippen molar-refractivity contribution in [1.29, 1.82) is 0 Å². The molecule has 8 nitrogen and oxygen atoms in total. The van der Waals surface area contributed by atoms with Crippen LogP contribution in [0.3, 0.4) is 0 Å². The number of benzene rings is 1. The molecule has 0 heterocycles. The van der Waals surface area contributed by atoms with E-state index in [1.807, 2.05) is 0 Å². The predicted octanol–water partition coefficient (Wildman–Crippen LogP) is 0.305. The van der Waals surface area contributed by atoms with Crippen molar-refractivity contribution >= 4 is 29.5 Å². The molecule has 19 heavy (non-hydrogen) atoms. The van der Waals surface area contributed by atoms with Crippen LogP contribution in [0.4, 0.5) is 5.69 Å². The fraction of sp³-hybridized carbons (Fsp3) is 0.200. The fourth-order valence-electron chi connectivity index (χ4n) is 1.22. The highest BCUT2D eigenvalue weighted by atomic mass is 32.2. The van der Waals surface area contributed by atoms with Gasteiger partial charge in [-0.25, -0.2) is 4.72 Å².